The van der Waals surface area contributed by atoms with Gasteiger partial charge < -0.3 is 25.2 Å². The van der Waals surface area contributed by atoms with E-state index in [9.17, 15) is 0 Å². The molecule has 0 saturated carbocycles. The molecule has 4 N–H and O–H groups in total. The van der Waals surface area contributed by atoms with E-state index in [1.54, 1.807) is 0 Å². The Labute approximate surface area is 353 Å². The van der Waals surface area contributed by atoms with E-state index >= 15 is 0 Å². The molecule has 61 heavy (non-hydrogen) atoms. The average Bonchev–Trinajstić information content (AvgIpc) is 3.82. The highest BCUT2D eigenvalue weighted by Gasteiger charge is 2.28. The molecule has 0 amide bonds. The zero-order valence-electron chi connectivity index (χ0n) is 33.2. The normalized spacial score (nSPS) is 17.8. The van der Waals surface area contributed by atoms with Gasteiger partial charge in [0.05, 0.1) is 45.5 Å². The molecule has 0 saturated heterocycles. The monoisotopic (exact) mass is 780 g/mol. The molecule has 10 rings (SSSR count). The predicted octanol–water partition coefficient (Wildman–Crippen LogP) is 11.8. The van der Waals surface area contributed by atoms with Crippen LogP contribution >= 0.6 is 0 Å². The number of pyridine rings is 1. The van der Waals surface area contributed by atoms with E-state index in [4.69, 9.17) is 5.73 Å². The van der Waals surface area contributed by atoms with Gasteiger partial charge in [0, 0.05) is 70.5 Å². The molecule has 0 fully saturated rings. The van der Waals surface area contributed by atoms with Crippen molar-refractivity contribution in [3.8, 4) is 0 Å². The summed E-state index contributed by atoms with van der Waals surface area (Å²) in [4.78, 5) is 13.8. The van der Waals surface area contributed by atoms with Gasteiger partial charge in [0.15, 0.2) is 0 Å². The van der Waals surface area contributed by atoms with E-state index < -0.39 is 0 Å². The minimum Gasteiger partial charge on any atom is -0.396 e. The molecule has 2 bridgehead atoms. The molecule has 0 unspecified atom stereocenters. The summed E-state index contributed by atoms with van der Waals surface area (Å²) in [6.45, 7) is 1.95. The van der Waals surface area contributed by atoms with Crippen LogP contribution in [0.4, 0.5) is 11.4 Å². The maximum absolute atomic E-state index is 7.15. The third-order valence-corrected chi connectivity index (χ3v) is 10.8. The van der Waals surface area contributed by atoms with Gasteiger partial charge in [-0.1, -0.05) is 30.0 Å². The number of anilines is 2. The lowest BCUT2D eigenvalue weighted by Gasteiger charge is -2.28. The van der Waals surface area contributed by atoms with Crippen molar-refractivity contribution in [3.63, 3.8) is 0 Å². The first kappa shape index (κ1) is 36.5. The molecule has 0 atom stereocenters. The van der Waals surface area contributed by atoms with Gasteiger partial charge in [0.1, 0.15) is 0 Å². The molecular weight excluding hydrogens is 745 g/mol. The second-order valence-corrected chi connectivity index (χ2v) is 14.4. The summed E-state index contributed by atoms with van der Waals surface area (Å²) in [7, 11) is 0. The van der Waals surface area contributed by atoms with Gasteiger partial charge in [0.2, 0.25) is 0 Å². The number of nitrogens with zero attached hydrogens (tertiary/aromatic N) is 3. The lowest BCUT2D eigenvalue weighted by atomic mass is 9.94. The Morgan fingerprint density at radius 3 is 2.41 bits per heavy atom. The maximum Gasteiger partial charge on any atom is 0.0898 e. The first-order chi connectivity index (χ1) is 30.2. The fraction of sp³-hybridized carbons (Fsp3) is 0.0182. The number of aromatic amines is 2. The van der Waals surface area contributed by atoms with E-state index in [1.165, 1.54) is 0 Å². The molecule has 5 heterocycles. The third-order valence-electron chi connectivity index (χ3n) is 10.8. The van der Waals surface area contributed by atoms with Crippen molar-refractivity contribution >= 4 is 52.0 Å². The van der Waals surface area contributed by atoms with Gasteiger partial charge in [-0.05, 0) is 145 Å². The minimum atomic E-state index is 0.628. The molecule has 0 spiro atoms. The second kappa shape index (κ2) is 15.8. The Morgan fingerprint density at radius 1 is 0.721 bits per heavy atom. The van der Waals surface area contributed by atoms with Crippen LogP contribution in [-0.2, 0) is 0 Å². The van der Waals surface area contributed by atoms with Crippen molar-refractivity contribution in [2.75, 3.05) is 10.6 Å². The summed E-state index contributed by atoms with van der Waals surface area (Å²) in [5.74, 6) is 0. The average molecular weight is 781 g/mol. The second-order valence-electron chi connectivity index (χ2n) is 14.4. The van der Waals surface area contributed by atoms with Gasteiger partial charge in [-0.3, -0.25) is 4.98 Å². The van der Waals surface area contributed by atoms with Crippen LogP contribution in [0.3, 0.4) is 0 Å². The SMILES string of the molecule is CC=C=Cc1c(N)c2c(n1C1=CC(N3C4=C=C(C=C(/C5=C(\c6ccccn6)C=C=CC=C=C5)C=C4)c4[nH]ccc43)=CC=C=C1)C=C=CC(C1=C(c3ccc[nH]3)C=CC=C=C1)=C2. The van der Waals surface area contributed by atoms with E-state index in [0.717, 1.165) is 95.8 Å². The van der Waals surface area contributed by atoms with Crippen molar-refractivity contribution < 1.29 is 0 Å². The number of hydrogen-bond acceptors (Lipinski definition) is 3. The summed E-state index contributed by atoms with van der Waals surface area (Å²) in [6.07, 6.45) is 46.0. The number of hydrogen-bond donors (Lipinski definition) is 3. The van der Waals surface area contributed by atoms with Crippen LogP contribution in [0.1, 0.15) is 41.0 Å². The van der Waals surface area contributed by atoms with Crippen LogP contribution in [0, 0.1) is 0 Å². The highest BCUT2D eigenvalue weighted by molar-refractivity contribution is 5.94. The molecular formula is C55H36N6. The Kier molecular flexibility index (Phi) is 9.47. The van der Waals surface area contributed by atoms with Gasteiger partial charge in [-0.25, -0.2) is 0 Å². The van der Waals surface area contributed by atoms with E-state index in [2.05, 4.69) is 119 Å². The lowest BCUT2D eigenvalue weighted by Crippen LogP contribution is -2.22. The van der Waals surface area contributed by atoms with Crippen LogP contribution < -0.4 is 10.6 Å². The lowest BCUT2D eigenvalue weighted by molar-refractivity contribution is 1.07. The van der Waals surface area contributed by atoms with E-state index in [-0.39, 0.29) is 0 Å². The van der Waals surface area contributed by atoms with Crippen LogP contribution in [-0.4, -0.2) is 19.5 Å². The van der Waals surface area contributed by atoms with Crippen LogP contribution in [0.5, 0.6) is 0 Å². The van der Waals surface area contributed by atoms with E-state index in [0.29, 0.717) is 5.69 Å². The molecule has 4 aromatic rings. The minimum absolute atomic E-state index is 0.628. The first-order valence-electron chi connectivity index (χ1n) is 19.9. The summed E-state index contributed by atoms with van der Waals surface area (Å²) in [5, 5.41) is 0. The summed E-state index contributed by atoms with van der Waals surface area (Å²) < 4.78 is 2.16. The summed E-state index contributed by atoms with van der Waals surface area (Å²) in [6, 6.07) is 12.1. The topological polar surface area (TPSA) is 78.7 Å². The molecule has 6 heteroatoms. The van der Waals surface area contributed by atoms with Gasteiger partial charge in [0.25, 0.3) is 0 Å². The number of nitrogens with two attached hydrogens (primary N) is 1. The van der Waals surface area contributed by atoms with Crippen molar-refractivity contribution in [2.24, 2.45) is 0 Å². The number of aromatic nitrogens is 4. The van der Waals surface area contributed by atoms with Gasteiger partial charge in [-0.15, -0.1) is 34.4 Å². The van der Waals surface area contributed by atoms with Crippen molar-refractivity contribution in [1.29, 1.82) is 0 Å². The molecule has 0 radical (unpaired) electrons. The molecule has 1 aliphatic heterocycles. The standard InChI is InChI=1S/C55H36N6/c1-2-3-26-52-54(56)48-36-38(44-21-9-6-10-23-46(44)50-25-16-32-58-50)17-15-27-51(48)61(52)42-19-12-11-18-41(37-42)60-43-29-28-39(34-40(35-43)55-53(60)30-33-59-55)45-20-7-4-5-8-22-47(45)49-24-13-14-31-57-49/h2,4-6,10-11,13-14,16-34,36-37,58-59H,56H2,1H3/b47-45-. The first-order valence-corrected chi connectivity index (χ1v) is 19.9. The van der Waals surface area contributed by atoms with Gasteiger partial charge in [-0.2, -0.15) is 0 Å². The summed E-state index contributed by atoms with van der Waals surface area (Å²) >= 11 is 0. The van der Waals surface area contributed by atoms with Crippen LogP contribution in [0.2, 0.25) is 0 Å². The highest BCUT2D eigenvalue weighted by Crippen LogP contribution is 2.42. The Bertz CT molecular complexity index is 3320. The highest BCUT2D eigenvalue weighted by atomic mass is 15.2. The van der Waals surface area contributed by atoms with Crippen molar-refractivity contribution in [1.82, 2.24) is 19.5 Å². The zero-order chi connectivity index (χ0) is 41.1. The predicted molar refractivity (Wildman–Crippen MR) is 249 cm³/mol. The Hall–Kier alpha value is -8.85. The van der Waals surface area contributed by atoms with Crippen LogP contribution in [0.25, 0.3) is 40.6 Å². The quantitative estimate of drug-likeness (QED) is 0.163. The molecule has 6 aliphatic rings. The molecule has 0 aromatic carbocycles. The zero-order valence-corrected chi connectivity index (χ0v) is 33.2. The third kappa shape index (κ3) is 6.76. The molecule has 5 aliphatic carbocycles. The van der Waals surface area contributed by atoms with E-state index in [1.807, 2.05) is 129 Å². The number of nitrogen functional groups attached to an aromatic ring is 1. The van der Waals surface area contributed by atoms with Gasteiger partial charge >= 0.3 is 0 Å². The Balaban J connectivity index is 1.09. The van der Waals surface area contributed by atoms with Crippen LogP contribution in [0.15, 0.2) is 232 Å². The van der Waals surface area contributed by atoms with Crippen molar-refractivity contribution in [2.45, 2.75) is 6.92 Å². The summed E-state index contributed by atoms with van der Waals surface area (Å²) in [5.41, 5.74) is 47.5. The molecule has 6 nitrogen and oxygen atoms in total. The maximum atomic E-state index is 7.15. The number of allylic oxidation sites excluding steroid dienone is 20. The molecule has 286 valence electrons. The number of nitrogens with one attached hydrogen (secondary N) is 2. The fourth-order valence-corrected chi connectivity index (χ4v) is 8.01. The smallest absolute Gasteiger partial charge is 0.0898 e. The number of fused-ring (bicyclic) bond motifs is 3. The largest absolute Gasteiger partial charge is 0.396 e. The Morgan fingerprint density at radius 2 is 1.57 bits per heavy atom. The number of rotatable bonds is 7. The van der Waals surface area contributed by atoms with Crippen molar-refractivity contribution in [3.05, 3.63) is 266 Å². The molecule has 4 aromatic heterocycles. The number of H-pyrrole nitrogens is 2. The fourth-order valence-electron chi connectivity index (χ4n) is 8.01.